The van der Waals surface area contributed by atoms with E-state index in [4.69, 9.17) is 4.74 Å². The molecule has 0 radical (unpaired) electrons. The van der Waals surface area contributed by atoms with Crippen molar-refractivity contribution in [3.63, 3.8) is 0 Å². The van der Waals surface area contributed by atoms with Crippen molar-refractivity contribution >= 4 is 21.6 Å². The summed E-state index contributed by atoms with van der Waals surface area (Å²) in [5.74, 6) is 0.765. The highest BCUT2D eigenvalue weighted by Gasteiger charge is 2.21. The largest absolute Gasteiger partial charge is 0.488 e. The average Bonchev–Trinajstić information content (AvgIpc) is 3.13. The molecule has 0 unspecified atom stereocenters. The monoisotopic (exact) mass is 380 g/mol. The van der Waals surface area contributed by atoms with Crippen molar-refractivity contribution in [3.05, 3.63) is 40.5 Å². The highest BCUT2D eigenvalue weighted by Crippen LogP contribution is 2.39. The lowest BCUT2D eigenvalue weighted by Gasteiger charge is -2.26. The van der Waals surface area contributed by atoms with Gasteiger partial charge < -0.3 is 15.2 Å². The second-order valence-electron chi connectivity index (χ2n) is 6.68. The van der Waals surface area contributed by atoms with Gasteiger partial charge in [-0.15, -0.1) is 11.3 Å². The van der Waals surface area contributed by atoms with E-state index in [1.54, 1.807) is 0 Å². The van der Waals surface area contributed by atoms with Gasteiger partial charge in [-0.25, -0.2) is 9.97 Å². The van der Waals surface area contributed by atoms with Crippen LogP contribution >= 0.6 is 11.3 Å². The number of fused-ring (bicyclic) bond motifs is 1. The Labute approximate surface area is 161 Å². The Hall–Kier alpha value is -2.53. The second kappa shape index (κ2) is 7.61. The summed E-state index contributed by atoms with van der Waals surface area (Å²) in [5, 5.41) is 22.3. The van der Waals surface area contributed by atoms with Crippen LogP contribution in [0, 0.1) is 18.3 Å². The molecule has 3 aromatic rings. The standard InChI is InChI=1S/C20H20N4O2S/c1-12-5-13(8-21)6-16(19(12)26-14-3-2-4-22-9-14)18-20-17(23-11-24-18)7-15(10-25)27-20/h5-7,11,14,22,25H,2-4,9-10H2,1H3/t14-/m0/s1. The number of hydrogen-bond donors (Lipinski definition) is 2. The van der Waals surface area contributed by atoms with E-state index in [0.717, 1.165) is 63.6 Å². The third-order valence-electron chi connectivity index (χ3n) is 4.71. The Balaban J connectivity index is 1.87. The van der Waals surface area contributed by atoms with E-state index in [1.165, 1.54) is 17.7 Å². The summed E-state index contributed by atoms with van der Waals surface area (Å²) < 4.78 is 7.27. The van der Waals surface area contributed by atoms with E-state index in [0.29, 0.717) is 5.56 Å². The third-order valence-corrected chi connectivity index (χ3v) is 5.83. The second-order valence-corrected chi connectivity index (χ2v) is 7.81. The minimum absolute atomic E-state index is 0.0329. The van der Waals surface area contributed by atoms with Gasteiger partial charge in [-0.2, -0.15) is 5.26 Å². The van der Waals surface area contributed by atoms with Crippen LogP contribution in [0.1, 0.15) is 28.8 Å². The Morgan fingerprint density at radius 2 is 2.26 bits per heavy atom. The fourth-order valence-corrected chi connectivity index (χ4v) is 4.40. The zero-order valence-electron chi connectivity index (χ0n) is 15.0. The van der Waals surface area contributed by atoms with Crippen LogP contribution in [0.25, 0.3) is 21.5 Å². The maximum atomic E-state index is 9.48. The third kappa shape index (κ3) is 3.52. The van der Waals surface area contributed by atoms with Crippen LogP contribution < -0.4 is 10.1 Å². The van der Waals surface area contributed by atoms with E-state index < -0.39 is 0 Å². The van der Waals surface area contributed by atoms with Gasteiger partial charge in [0.15, 0.2) is 0 Å². The van der Waals surface area contributed by atoms with Gasteiger partial charge >= 0.3 is 0 Å². The van der Waals surface area contributed by atoms with E-state index in [1.807, 2.05) is 25.1 Å². The maximum absolute atomic E-state index is 9.48. The molecule has 0 amide bonds. The number of nitriles is 1. The molecule has 7 heteroatoms. The molecule has 0 spiro atoms. The number of rotatable bonds is 4. The average molecular weight is 380 g/mol. The van der Waals surface area contributed by atoms with Crippen LogP contribution in [-0.4, -0.2) is 34.3 Å². The van der Waals surface area contributed by atoms with Crippen LogP contribution in [0.5, 0.6) is 5.75 Å². The fraction of sp³-hybridized carbons (Fsp3) is 0.350. The molecule has 1 atom stereocenters. The highest BCUT2D eigenvalue weighted by molar-refractivity contribution is 7.19. The molecule has 0 saturated carbocycles. The van der Waals surface area contributed by atoms with Crippen molar-refractivity contribution in [2.45, 2.75) is 32.5 Å². The number of aryl methyl sites for hydroxylation is 1. The maximum Gasteiger partial charge on any atom is 0.132 e. The molecule has 6 nitrogen and oxygen atoms in total. The predicted molar refractivity (Wildman–Crippen MR) is 105 cm³/mol. The quantitative estimate of drug-likeness (QED) is 0.722. The van der Waals surface area contributed by atoms with E-state index >= 15 is 0 Å². The van der Waals surface area contributed by atoms with E-state index in [2.05, 4.69) is 21.4 Å². The Morgan fingerprint density at radius 3 is 3.00 bits per heavy atom. The van der Waals surface area contributed by atoms with Crippen LogP contribution in [-0.2, 0) is 6.61 Å². The molecule has 0 bridgehead atoms. The van der Waals surface area contributed by atoms with Gasteiger partial charge in [0.1, 0.15) is 18.2 Å². The van der Waals surface area contributed by atoms with Crippen molar-refractivity contribution in [1.82, 2.24) is 15.3 Å². The molecule has 4 rings (SSSR count). The highest BCUT2D eigenvalue weighted by atomic mass is 32.1. The summed E-state index contributed by atoms with van der Waals surface area (Å²) in [4.78, 5) is 9.66. The molecule has 27 heavy (non-hydrogen) atoms. The number of hydrogen-bond acceptors (Lipinski definition) is 7. The van der Waals surface area contributed by atoms with Gasteiger partial charge in [0, 0.05) is 17.0 Å². The molecule has 2 aromatic heterocycles. The number of aliphatic hydroxyl groups is 1. The fourth-order valence-electron chi connectivity index (χ4n) is 3.43. The van der Waals surface area contributed by atoms with Gasteiger partial charge in [-0.3, -0.25) is 0 Å². The number of benzene rings is 1. The molecule has 3 heterocycles. The number of ether oxygens (including phenoxy) is 1. The summed E-state index contributed by atoms with van der Waals surface area (Å²) in [6.45, 7) is 3.76. The molecule has 1 aliphatic heterocycles. The minimum atomic E-state index is -0.0329. The Kier molecular flexibility index (Phi) is 5.03. The number of nitrogens with one attached hydrogen (secondary N) is 1. The first-order valence-electron chi connectivity index (χ1n) is 8.96. The predicted octanol–water partition coefficient (Wildman–Crippen LogP) is 3.16. The summed E-state index contributed by atoms with van der Waals surface area (Å²) in [7, 11) is 0. The van der Waals surface area contributed by atoms with Gasteiger partial charge in [0.2, 0.25) is 0 Å². The molecule has 138 valence electrons. The normalized spacial score (nSPS) is 17.0. The lowest BCUT2D eigenvalue weighted by molar-refractivity contribution is 0.167. The van der Waals surface area contributed by atoms with Crippen molar-refractivity contribution in [2.24, 2.45) is 0 Å². The van der Waals surface area contributed by atoms with Crippen LogP contribution in [0.3, 0.4) is 0 Å². The zero-order valence-corrected chi connectivity index (χ0v) is 15.8. The molecule has 1 fully saturated rings. The molecular weight excluding hydrogens is 360 g/mol. The number of nitrogens with zero attached hydrogens (tertiary/aromatic N) is 3. The summed E-state index contributed by atoms with van der Waals surface area (Å²) in [6, 6.07) is 7.78. The number of thiophene rings is 1. The first kappa shape index (κ1) is 17.9. The van der Waals surface area contributed by atoms with Gasteiger partial charge in [0.25, 0.3) is 0 Å². The summed E-state index contributed by atoms with van der Waals surface area (Å²) >= 11 is 1.47. The first-order valence-corrected chi connectivity index (χ1v) is 9.78. The lowest BCUT2D eigenvalue weighted by Crippen LogP contribution is -2.37. The smallest absolute Gasteiger partial charge is 0.132 e. The molecule has 2 N–H and O–H groups in total. The number of aromatic nitrogens is 2. The zero-order chi connectivity index (χ0) is 18.8. The molecule has 1 saturated heterocycles. The van der Waals surface area contributed by atoms with E-state index in [-0.39, 0.29) is 12.7 Å². The molecule has 1 aromatic carbocycles. The minimum Gasteiger partial charge on any atom is -0.488 e. The van der Waals surface area contributed by atoms with E-state index in [9.17, 15) is 10.4 Å². The van der Waals surface area contributed by atoms with Crippen molar-refractivity contribution in [3.8, 4) is 23.1 Å². The van der Waals surface area contributed by atoms with Crippen molar-refractivity contribution in [2.75, 3.05) is 13.1 Å². The van der Waals surface area contributed by atoms with Crippen LogP contribution in [0.4, 0.5) is 0 Å². The van der Waals surface area contributed by atoms with Gasteiger partial charge in [-0.1, -0.05) is 0 Å². The first-order chi connectivity index (χ1) is 13.2. The molecular formula is C20H20N4O2S. The lowest BCUT2D eigenvalue weighted by atomic mass is 10.0. The Morgan fingerprint density at radius 1 is 1.37 bits per heavy atom. The van der Waals surface area contributed by atoms with Gasteiger partial charge in [0.05, 0.1) is 34.2 Å². The Bertz CT molecular complexity index is 1020. The molecule has 0 aliphatic carbocycles. The summed E-state index contributed by atoms with van der Waals surface area (Å²) in [5.41, 5.74) is 3.82. The van der Waals surface area contributed by atoms with Crippen LogP contribution in [0.2, 0.25) is 0 Å². The topological polar surface area (TPSA) is 91.1 Å². The van der Waals surface area contributed by atoms with Crippen LogP contribution in [0.15, 0.2) is 24.5 Å². The number of aliphatic hydroxyl groups excluding tert-OH is 1. The summed E-state index contributed by atoms with van der Waals surface area (Å²) in [6.07, 6.45) is 3.69. The van der Waals surface area contributed by atoms with Gasteiger partial charge in [-0.05, 0) is 50.1 Å². The van der Waals surface area contributed by atoms with Crippen molar-refractivity contribution < 1.29 is 9.84 Å². The number of piperidine rings is 1. The molecule has 1 aliphatic rings. The van der Waals surface area contributed by atoms with Crippen molar-refractivity contribution in [1.29, 1.82) is 5.26 Å². The SMILES string of the molecule is Cc1cc(C#N)cc(-c2ncnc3cc(CO)sc23)c1O[C@H]1CCCNC1.